The van der Waals surface area contributed by atoms with Gasteiger partial charge in [-0.05, 0) is 55.0 Å². The third-order valence-electron chi connectivity index (χ3n) is 7.62. The number of rotatable bonds is 6. The van der Waals surface area contributed by atoms with Crippen molar-refractivity contribution in [3.63, 3.8) is 0 Å². The summed E-state index contributed by atoms with van der Waals surface area (Å²) in [6.07, 6.45) is 11.2. The molecule has 2 fully saturated rings. The van der Waals surface area contributed by atoms with Crippen molar-refractivity contribution < 1.29 is 23.1 Å². The molecule has 0 saturated carbocycles. The monoisotopic (exact) mass is 523 g/mol. The van der Waals surface area contributed by atoms with E-state index in [0.29, 0.717) is 31.7 Å². The lowest BCUT2D eigenvalue weighted by atomic mass is 9.86. The molecule has 10 heteroatoms. The Morgan fingerprint density at radius 3 is 2.68 bits per heavy atom. The first-order chi connectivity index (χ1) is 18.4. The van der Waals surface area contributed by atoms with Crippen LogP contribution in [0, 0.1) is 0 Å². The normalized spacial score (nSPS) is 20.8. The second-order valence-corrected chi connectivity index (χ2v) is 9.84. The Morgan fingerprint density at radius 1 is 1.18 bits per heavy atom. The van der Waals surface area contributed by atoms with Crippen LogP contribution in [0.3, 0.4) is 0 Å². The molecule has 1 aliphatic carbocycles. The van der Waals surface area contributed by atoms with Gasteiger partial charge in [0.2, 0.25) is 0 Å². The minimum atomic E-state index is -3.03. The van der Waals surface area contributed by atoms with Crippen LogP contribution in [0.2, 0.25) is 0 Å². The molecule has 0 bridgehead atoms. The van der Waals surface area contributed by atoms with Gasteiger partial charge in [0.1, 0.15) is 5.75 Å². The van der Waals surface area contributed by atoms with Gasteiger partial charge in [-0.1, -0.05) is 30.4 Å². The first-order valence-corrected chi connectivity index (χ1v) is 12.8. The van der Waals surface area contributed by atoms with E-state index < -0.39 is 17.9 Å². The summed E-state index contributed by atoms with van der Waals surface area (Å²) in [6, 6.07) is 7.44. The second kappa shape index (κ2) is 10.8. The highest BCUT2D eigenvalue weighted by Crippen LogP contribution is 2.40. The number of benzene rings is 1. The number of piperidine rings is 1. The average molecular weight is 524 g/mol. The summed E-state index contributed by atoms with van der Waals surface area (Å²) in [5.41, 5.74) is 3.14. The molecule has 0 atom stereocenters. The molecule has 3 amide bonds. The van der Waals surface area contributed by atoms with Crippen LogP contribution < -0.4 is 4.74 Å². The van der Waals surface area contributed by atoms with Crippen LogP contribution in [-0.2, 0) is 11.3 Å². The van der Waals surface area contributed by atoms with Gasteiger partial charge in [0.05, 0.1) is 25.4 Å². The Hall–Kier alpha value is -3.95. The highest BCUT2D eigenvalue weighted by molar-refractivity contribution is 5.82. The number of aromatic nitrogens is 2. The fourth-order valence-corrected chi connectivity index (χ4v) is 5.50. The summed E-state index contributed by atoms with van der Waals surface area (Å²) in [4.78, 5) is 30.8. The lowest BCUT2D eigenvalue weighted by molar-refractivity contribution is -0.145. The smallest absolute Gasteiger partial charge is 0.325 e. The number of amides is 3. The lowest BCUT2D eigenvalue weighted by Crippen LogP contribution is -2.55. The van der Waals surface area contributed by atoms with Crippen LogP contribution in [-0.4, -0.2) is 75.5 Å². The Morgan fingerprint density at radius 2 is 1.97 bits per heavy atom. The molecule has 8 nitrogen and oxygen atoms in total. The van der Waals surface area contributed by atoms with E-state index in [9.17, 15) is 18.4 Å². The van der Waals surface area contributed by atoms with Gasteiger partial charge >= 0.3 is 12.5 Å². The molecule has 2 aliphatic heterocycles. The third-order valence-corrected chi connectivity index (χ3v) is 7.62. The number of allylic oxidation sites excluding steroid dienone is 5. The number of H-pyrrole nitrogens is 1. The maximum Gasteiger partial charge on any atom is 0.325 e. The van der Waals surface area contributed by atoms with Crippen molar-refractivity contribution in [2.75, 3.05) is 26.7 Å². The van der Waals surface area contributed by atoms with Crippen LogP contribution in [0.15, 0.2) is 66.7 Å². The second-order valence-electron chi connectivity index (χ2n) is 9.84. The van der Waals surface area contributed by atoms with Gasteiger partial charge in [0.15, 0.2) is 0 Å². The van der Waals surface area contributed by atoms with Crippen molar-refractivity contribution in [3.8, 4) is 5.75 Å². The van der Waals surface area contributed by atoms with E-state index in [-0.39, 0.29) is 19.1 Å². The number of methoxy groups -OCH3 is 1. The predicted octanol–water partition coefficient (Wildman–Crippen LogP) is 4.60. The van der Waals surface area contributed by atoms with Crippen LogP contribution in [0.25, 0.3) is 5.57 Å². The van der Waals surface area contributed by atoms with E-state index in [0.717, 1.165) is 35.2 Å². The largest absolute Gasteiger partial charge is 0.497 e. The van der Waals surface area contributed by atoms with Gasteiger partial charge in [0.25, 0.3) is 5.91 Å². The number of aromatic amines is 1. The Kier molecular flexibility index (Phi) is 7.31. The van der Waals surface area contributed by atoms with E-state index >= 15 is 0 Å². The van der Waals surface area contributed by atoms with E-state index in [4.69, 9.17) is 4.74 Å². The molecule has 0 radical (unpaired) electrons. The first kappa shape index (κ1) is 25.7. The summed E-state index contributed by atoms with van der Waals surface area (Å²) in [7, 11) is 1.60. The Labute approximate surface area is 220 Å². The summed E-state index contributed by atoms with van der Waals surface area (Å²) in [5.74, 6) is -0.453. The molecular formula is C28H31F2N5O3. The number of urea groups is 1. The molecule has 2 saturated heterocycles. The Balaban J connectivity index is 1.43. The van der Waals surface area contributed by atoms with Crippen molar-refractivity contribution in [2.24, 2.45) is 0 Å². The maximum atomic E-state index is 14.0. The van der Waals surface area contributed by atoms with Crippen molar-refractivity contribution in [1.82, 2.24) is 24.9 Å². The number of halogens is 2. The maximum absolute atomic E-state index is 14.0. The topological polar surface area (TPSA) is 81.8 Å². The minimum Gasteiger partial charge on any atom is -0.497 e. The first-order valence-electron chi connectivity index (χ1n) is 12.8. The van der Waals surface area contributed by atoms with Gasteiger partial charge in [0, 0.05) is 37.1 Å². The zero-order chi connectivity index (χ0) is 26.7. The van der Waals surface area contributed by atoms with E-state index in [2.05, 4.69) is 22.3 Å². The van der Waals surface area contributed by atoms with Gasteiger partial charge in [-0.2, -0.15) is 13.9 Å². The zero-order valence-electron chi connectivity index (χ0n) is 21.3. The minimum absolute atomic E-state index is 0.133. The summed E-state index contributed by atoms with van der Waals surface area (Å²) >= 11 is 0. The summed E-state index contributed by atoms with van der Waals surface area (Å²) < 4.78 is 31.5. The number of ether oxygens (including phenoxy) is 1. The number of hydrogen-bond donors (Lipinski definition) is 1. The van der Waals surface area contributed by atoms with Crippen LogP contribution >= 0.6 is 0 Å². The molecule has 5 rings (SSSR count). The van der Waals surface area contributed by atoms with E-state index in [1.807, 2.05) is 47.5 Å². The number of nitrogens with zero attached hydrogens (tertiary/aromatic N) is 4. The molecule has 200 valence electrons. The van der Waals surface area contributed by atoms with Crippen LogP contribution in [0.1, 0.15) is 36.8 Å². The Bertz CT molecular complexity index is 1260. The molecule has 3 aliphatic rings. The van der Waals surface area contributed by atoms with Crippen molar-refractivity contribution in [2.45, 2.75) is 44.2 Å². The van der Waals surface area contributed by atoms with Gasteiger partial charge in [-0.15, -0.1) is 0 Å². The number of alkyl halides is 2. The highest BCUT2D eigenvalue weighted by Gasteiger charge is 2.52. The summed E-state index contributed by atoms with van der Waals surface area (Å²) in [5, 5.41) is 6.88. The van der Waals surface area contributed by atoms with Crippen molar-refractivity contribution >= 4 is 17.5 Å². The molecule has 2 aromatic rings. The van der Waals surface area contributed by atoms with Crippen molar-refractivity contribution in [1.29, 1.82) is 0 Å². The molecule has 0 unspecified atom stereocenters. The molecule has 1 aromatic heterocycles. The fourth-order valence-electron chi connectivity index (χ4n) is 5.50. The zero-order valence-corrected chi connectivity index (χ0v) is 21.3. The number of nitrogens with one attached hydrogen (secondary N) is 1. The highest BCUT2D eigenvalue weighted by atomic mass is 19.3. The molecule has 3 heterocycles. The number of carbonyl (C=O) groups is 2. The van der Waals surface area contributed by atoms with Crippen LogP contribution in [0.4, 0.5) is 13.6 Å². The van der Waals surface area contributed by atoms with Gasteiger partial charge in [-0.25, -0.2) is 4.79 Å². The van der Waals surface area contributed by atoms with Crippen LogP contribution in [0.5, 0.6) is 5.75 Å². The quantitative estimate of drug-likeness (QED) is 0.600. The van der Waals surface area contributed by atoms with Crippen molar-refractivity contribution in [3.05, 3.63) is 77.8 Å². The molecule has 38 heavy (non-hydrogen) atoms. The number of carbonyl (C=O) groups excluding carboxylic acids is 2. The molecule has 1 aromatic carbocycles. The predicted molar refractivity (Wildman–Crippen MR) is 138 cm³/mol. The van der Waals surface area contributed by atoms with Gasteiger partial charge < -0.3 is 14.5 Å². The van der Waals surface area contributed by atoms with Gasteiger partial charge in [-0.3, -0.25) is 14.8 Å². The molecular weight excluding hydrogens is 492 g/mol. The molecule has 1 N–H and O–H groups in total. The van der Waals surface area contributed by atoms with E-state index in [1.165, 1.54) is 4.90 Å². The van der Waals surface area contributed by atoms with E-state index in [1.54, 1.807) is 18.2 Å². The fraction of sp³-hybridized carbons (Fsp3) is 0.393. The molecule has 1 spiro atoms. The lowest BCUT2D eigenvalue weighted by Gasteiger charge is -2.43. The standard InChI is InChI=1S/C28H31F2N5O3/c1-38-24-8-4-5-20(15-24)18-35-27(37)34(19-28(35)11-13-33(14-12-28)26(36)25(29)30)23-7-3-2-6-21(9-10-23)22-16-31-32-17-22/h4-10,15-17,25H,2-3,11-14,18-19H2,1H3,(H,31,32)/b10-9?,21-6-,23-7?. The third kappa shape index (κ3) is 5.07. The number of likely N-dealkylation sites (tertiary alicyclic amines) is 1. The average Bonchev–Trinajstić information content (AvgIpc) is 3.53. The number of hydrogen-bond acceptors (Lipinski definition) is 4. The summed E-state index contributed by atoms with van der Waals surface area (Å²) in [6.45, 7) is 1.14. The SMILES string of the molecule is COc1cccc(CN2C(=O)N(C3=CCC/C=C(\c4cn[nH]c4)C=C3)CC23CCN(C(=O)C(F)F)CC3)c1.